The summed E-state index contributed by atoms with van der Waals surface area (Å²) in [5, 5.41) is 11.4. The Morgan fingerprint density at radius 1 is 0.741 bits per heavy atom. The summed E-state index contributed by atoms with van der Waals surface area (Å²) in [4.78, 5) is 48.4. The molecule has 2 amide bonds. The molecule has 27 heavy (non-hydrogen) atoms. The molecule has 4 N–H and O–H groups in total. The van der Waals surface area contributed by atoms with E-state index in [9.17, 15) is 19.2 Å². The van der Waals surface area contributed by atoms with Gasteiger partial charge in [0, 0.05) is 41.0 Å². The van der Waals surface area contributed by atoms with Crippen LogP contribution in [0.4, 0.5) is 0 Å². The summed E-state index contributed by atoms with van der Waals surface area (Å²) in [7, 11) is 0. The molecular weight excluding hydrogens is 395 g/mol. The SMILES string of the molecule is C/C(NCCN/C(C)=C1\C(=O)NC(C)(C)C1=O)=C1/C(=O)NC(C)(C)C1=O.[Ni]. The Hall–Kier alpha value is -2.15. The van der Waals surface area contributed by atoms with Gasteiger partial charge in [0.1, 0.15) is 11.1 Å². The molecule has 2 aliphatic heterocycles. The number of ketones is 2. The second-order valence-electron chi connectivity index (χ2n) is 7.67. The summed E-state index contributed by atoms with van der Waals surface area (Å²) in [6, 6.07) is 0. The van der Waals surface area contributed by atoms with Gasteiger partial charge < -0.3 is 21.3 Å². The molecule has 0 unspecified atom stereocenters. The zero-order valence-corrected chi connectivity index (χ0v) is 17.4. The van der Waals surface area contributed by atoms with Crippen molar-refractivity contribution in [2.24, 2.45) is 0 Å². The van der Waals surface area contributed by atoms with E-state index in [1.54, 1.807) is 41.5 Å². The minimum atomic E-state index is -0.891. The van der Waals surface area contributed by atoms with Gasteiger partial charge in [0.2, 0.25) is 0 Å². The van der Waals surface area contributed by atoms with E-state index < -0.39 is 11.1 Å². The molecule has 9 heteroatoms. The van der Waals surface area contributed by atoms with Gasteiger partial charge in [-0.2, -0.15) is 0 Å². The molecule has 2 fully saturated rings. The summed E-state index contributed by atoms with van der Waals surface area (Å²) < 4.78 is 0. The van der Waals surface area contributed by atoms with Crippen LogP contribution in [0.1, 0.15) is 41.5 Å². The zero-order chi connectivity index (χ0) is 19.9. The van der Waals surface area contributed by atoms with Gasteiger partial charge in [0.15, 0.2) is 11.6 Å². The molecule has 0 aromatic rings. The maximum atomic E-state index is 12.2. The third-order valence-corrected chi connectivity index (χ3v) is 4.55. The fourth-order valence-corrected chi connectivity index (χ4v) is 3.00. The molecule has 0 spiro atoms. The zero-order valence-electron chi connectivity index (χ0n) is 16.4. The summed E-state index contributed by atoms with van der Waals surface area (Å²) >= 11 is 0. The van der Waals surface area contributed by atoms with Crippen LogP contribution >= 0.6 is 0 Å². The number of rotatable bonds is 5. The summed E-state index contributed by atoms with van der Waals surface area (Å²) in [6.07, 6.45) is 0. The van der Waals surface area contributed by atoms with Crippen LogP contribution in [-0.4, -0.2) is 47.5 Å². The number of hydrogen-bond donors (Lipinski definition) is 4. The number of Topliss-reactive ketones (excluding diaryl/α,β-unsaturated/α-hetero) is 2. The largest absolute Gasteiger partial charge is 0.386 e. The van der Waals surface area contributed by atoms with Gasteiger partial charge >= 0.3 is 0 Å². The van der Waals surface area contributed by atoms with Gasteiger partial charge in [0.25, 0.3) is 11.8 Å². The van der Waals surface area contributed by atoms with Gasteiger partial charge in [0.05, 0.1) is 11.1 Å². The molecule has 0 radical (unpaired) electrons. The molecule has 0 bridgehead atoms. The maximum absolute atomic E-state index is 12.2. The van der Waals surface area contributed by atoms with E-state index in [1.807, 2.05) is 0 Å². The standard InChI is InChI=1S/C18H26N4O4.Ni/c1-9(11-13(23)17(3,4)21-15(11)25)19-7-8-20-10(2)12-14(24)18(5,6)22-16(12)26;/h19-20H,7-8H2,1-6H3,(H,21,25)(H,22,26);/b11-9-,12-10-;. The van der Waals surface area contributed by atoms with Crippen molar-refractivity contribution < 1.29 is 35.7 Å². The Kier molecular flexibility index (Phi) is 6.65. The van der Waals surface area contributed by atoms with Crippen molar-refractivity contribution in [1.82, 2.24) is 21.3 Å². The van der Waals surface area contributed by atoms with Gasteiger partial charge in [-0.1, -0.05) is 0 Å². The predicted octanol–water partition coefficient (Wildman–Crippen LogP) is -0.334. The number of hydrogen-bond acceptors (Lipinski definition) is 6. The second kappa shape index (κ2) is 7.84. The van der Waals surface area contributed by atoms with E-state index in [0.29, 0.717) is 24.5 Å². The number of carbonyl (C=O) groups excluding carboxylic acids is 4. The topological polar surface area (TPSA) is 116 Å². The van der Waals surface area contributed by atoms with Crippen LogP contribution in [0.15, 0.2) is 22.5 Å². The molecule has 152 valence electrons. The van der Waals surface area contributed by atoms with Crippen LogP contribution in [0.5, 0.6) is 0 Å². The number of nitrogens with one attached hydrogen (secondary N) is 4. The smallest absolute Gasteiger partial charge is 0.257 e. The van der Waals surface area contributed by atoms with E-state index in [0.717, 1.165) is 0 Å². The molecule has 0 aromatic heterocycles. The average molecular weight is 421 g/mol. The molecule has 0 saturated carbocycles. The Morgan fingerprint density at radius 3 is 1.26 bits per heavy atom. The predicted molar refractivity (Wildman–Crippen MR) is 95.9 cm³/mol. The second-order valence-corrected chi connectivity index (χ2v) is 7.67. The first kappa shape index (κ1) is 22.9. The van der Waals surface area contributed by atoms with Crippen LogP contribution in [0.3, 0.4) is 0 Å². The van der Waals surface area contributed by atoms with E-state index in [2.05, 4.69) is 21.3 Å². The fraction of sp³-hybridized carbons (Fsp3) is 0.556. The van der Waals surface area contributed by atoms with Crippen LogP contribution in [-0.2, 0) is 35.7 Å². The van der Waals surface area contributed by atoms with Crippen molar-refractivity contribution >= 4 is 23.4 Å². The van der Waals surface area contributed by atoms with Gasteiger partial charge in [-0.25, -0.2) is 0 Å². The first-order valence-corrected chi connectivity index (χ1v) is 8.52. The molecule has 8 nitrogen and oxygen atoms in total. The van der Waals surface area contributed by atoms with Crippen LogP contribution in [0.2, 0.25) is 0 Å². The monoisotopic (exact) mass is 420 g/mol. The third-order valence-electron chi connectivity index (χ3n) is 4.55. The Morgan fingerprint density at radius 2 is 1.04 bits per heavy atom. The van der Waals surface area contributed by atoms with Gasteiger partial charge in [-0.05, 0) is 41.5 Å². The first-order valence-electron chi connectivity index (χ1n) is 8.52. The van der Waals surface area contributed by atoms with Crippen molar-refractivity contribution in [3.8, 4) is 0 Å². The first-order chi connectivity index (χ1) is 11.9. The summed E-state index contributed by atoms with van der Waals surface area (Å²) in [5.74, 6) is -1.25. The molecule has 0 aliphatic carbocycles. The van der Waals surface area contributed by atoms with E-state index in [4.69, 9.17) is 0 Å². The van der Waals surface area contributed by atoms with Crippen molar-refractivity contribution in [2.45, 2.75) is 52.6 Å². The van der Waals surface area contributed by atoms with E-state index >= 15 is 0 Å². The van der Waals surface area contributed by atoms with Crippen molar-refractivity contribution in [3.05, 3.63) is 22.5 Å². The molecule has 2 aliphatic rings. The van der Waals surface area contributed by atoms with E-state index in [-0.39, 0.29) is 51.0 Å². The Bertz CT molecular complexity index is 701. The Balaban J connectivity index is 0.00000364. The number of allylic oxidation sites excluding steroid dienone is 2. The normalized spacial score (nSPS) is 24.1. The third kappa shape index (κ3) is 4.41. The number of carbonyl (C=O) groups is 4. The van der Waals surface area contributed by atoms with Crippen molar-refractivity contribution in [2.75, 3.05) is 13.1 Å². The minimum Gasteiger partial charge on any atom is -0.386 e. The average Bonchev–Trinajstić information content (AvgIpc) is 2.83. The number of amides is 2. The summed E-state index contributed by atoms with van der Waals surface area (Å²) in [6.45, 7) is 10.8. The van der Waals surface area contributed by atoms with Gasteiger partial charge in [-0.15, -0.1) is 0 Å². The Labute approximate surface area is 168 Å². The molecule has 0 aromatic carbocycles. The van der Waals surface area contributed by atoms with Crippen LogP contribution in [0.25, 0.3) is 0 Å². The van der Waals surface area contributed by atoms with Crippen molar-refractivity contribution in [3.63, 3.8) is 0 Å². The van der Waals surface area contributed by atoms with Crippen molar-refractivity contribution in [1.29, 1.82) is 0 Å². The van der Waals surface area contributed by atoms with Gasteiger partial charge in [-0.3, -0.25) is 19.2 Å². The molecule has 2 saturated heterocycles. The molecule has 2 rings (SSSR count). The fourth-order valence-electron chi connectivity index (χ4n) is 3.00. The molecule has 2 heterocycles. The minimum absolute atomic E-state index is 0. The maximum Gasteiger partial charge on any atom is 0.257 e. The quantitative estimate of drug-likeness (QED) is 0.209. The summed E-state index contributed by atoms with van der Waals surface area (Å²) in [5.41, 5.74) is -0.508. The molecule has 0 atom stereocenters. The van der Waals surface area contributed by atoms with Crippen LogP contribution in [0, 0.1) is 0 Å². The molecular formula is C18H26N4NiO4. The van der Waals surface area contributed by atoms with Crippen LogP contribution < -0.4 is 21.3 Å². The van der Waals surface area contributed by atoms with E-state index in [1.165, 1.54) is 0 Å².